The Morgan fingerprint density at radius 1 is 1.29 bits per heavy atom. The predicted molar refractivity (Wildman–Crippen MR) is 68.3 cm³/mol. The third kappa shape index (κ3) is 2.79. The molecule has 0 spiro atoms. The molecule has 0 aliphatic carbocycles. The van der Waals surface area contributed by atoms with Crippen molar-refractivity contribution in [3.63, 3.8) is 0 Å². The van der Waals surface area contributed by atoms with Crippen LogP contribution in [0.1, 0.15) is 0 Å². The molecule has 5 nitrogen and oxygen atoms in total. The van der Waals surface area contributed by atoms with Gasteiger partial charge in [0.05, 0.1) is 4.92 Å². The molecule has 6 heteroatoms. The van der Waals surface area contributed by atoms with Gasteiger partial charge in [-0.05, 0) is 28.1 Å². The van der Waals surface area contributed by atoms with Crippen LogP contribution < -0.4 is 5.32 Å². The number of aromatic nitrogens is 1. The highest BCUT2D eigenvalue weighted by atomic mass is 79.9. The van der Waals surface area contributed by atoms with Crippen molar-refractivity contribution in [3.8, 4) is 0 Å². The van der Waals surface area contributed by atoms with Crippen LogP contribution in [0.25, 0.3) is 0 Å². The molecule has 0 fully saturated rings. The number of nitrogens with one attached hydrogen (secondary N) is 1. The second-order valence-electron chi connectivity index (χ2n) is 3.27. The molecule has 1 heterocycles. The van der Waals surface area contributed by atoms with Gasteiger partial charge in [-0.1, -0.05) is 18.2 Å². The van der Waals surface area contributed by atoms with E-state index in [0.29, 0.717) is 4.47 Å². The van der Waals surface area contributed by atoms with Crippen LogP contribution >= 0.6 is 15.9 Å². The minimum atomic E-state index is -0.469. The topological polar surface area (TPSA) is 68.1 Å². The number of anilines is 2. The van der Waals surface area contributed by atoms with E-state index in [4.69, 9.17) is 0 Å². The van der Waals surface area contributed by atoms with Crippen molar-refractivity contribution in [1.82, 2.24) is 4.98 Å². The van der Waals surface area contributed by atoms with E-state index in [1.54, 1.807) is 0 Å². The van der Waals surface area contributed by atoms with E-state index in [-0.39, 0.29) is 11.5 Å². The van der Waals surface area contributed by atoms with Crippen LogP contribution in [0.4, 0.5) is 17.2 Å². The summed E-state index contributed by atoms with van der Waals surface area (Å²) in [6, 6.07) is 10.6. The van der Waals surface area contributed by atoms with E-state index in [1.165, 1.54) is 12.3 Å². The minimum Gasteiger partial charge on any atom is -0.334 e. The number of halogens is 1. The van der Waals surface area contributed by atoms with Crippen molar-refractivity contribution in [2.75, 3.05) is 5.32 Å². The first kappa shape index (κ1) is 11.5. The molecule has 17 heavy (non-hydrogen) atoms. The molecule has 0 atom stereocenters. The minimum absolute atomic E-state index is 0.0665. The maximum Gasteiger partial charge on any atom is 0.312 e. The number of para-hydroxylation sites is 1. The molecule has 2 aromatic rings. The first-order valence-electron chi connectivity index (χ1n) is 4.79. The molecule has 2 rings (SSSR count). The van der Waals surface area contributed by atoms with Gasteiger partial charge in [-0.3, -0.25) is 10.1 Å². The first-order chi connectivity index (χ1) is 8.16. The van der Waals surface area contributed by atoms with Gasteiger partial charge < -0.3 is 5.32 Å². The van der Waals surface area contributed by atoms with Crippen LogP contribution in [-0.2, 0) is 0 Å². The van der Waals surface area contributed by atoms with Gasteiger partial charge in [-0.15, -0.1) is 0 Å². The Kier molecular flexibility index (Phi) is 3.34. The number of rotatable bonds is 3. The lowest BCUT2D eigenvalue weighted by atomic mass is 10.3. The highest BCUT2D eigenvalue weighted by Crippen LogP contribution is 2.27. The van der Waals surface area contributed by atoms with Gasteiger partial charge in [0.1, 0.15) is 0 Å². The highest BCUT2D eigenvalue weighted by molar-refractivity contribution is 9.10. The molecule has 1 aromatic heterocycles. The fraction of sp³-hybridized carbons (Fsp3) is 0. The van der Waals surface area contributed by atoms with Gasteiger partial charge in [-0.25, -0.2) is 4.98 Å². The SMILES string of the molecule is O=[N+]([O-])c1cc(Br)cnc1Nc1ccccc1. The Hall–Kier alpha value is -1.95. The average Bonchev–Trinajstić information content (AvgIpc) is 2.32. The second-order valence-corrected chi connectivity index (χ2v) is 4.19. The summed E-state index contributed by atoms with van der Waals surface area (Å²) in [6.07, 6.45) is 1.51. The molecule has 0 saturated heterocycles. The zero-order chi connectivity index (χ0) is 12.3. The Morgan fingerprint density at radius 2 is 2.00 bits per heavy atom. The molecule has 0 aliphatic rings. The first-order valence-corrected chi connectivity index (χ1v) is 5.58. The van der Waals surface area contributed by atoms with Gasteiger partial charge >= 0.3 is 5.69 Å². The Labute approximate surface area is 106 Å². The van der Waals surface area contributed by atoms with Crippen molar-refractivity contribution in [1.29, 1.82) is 0 Å². The van der Waals surface area contributed by atoms with E-state index >= 15 is 0 Å². The average molecular weight is 294 g/mol. The molecular weight excluding hydrogens is 286 g/mol. The number of benzene rings is 1. The summed E-state index contributed by atoms with van der Waals surface area (Å²) in [6.45, 7) is 0. The van der Waals surface area contributed by atoms with Crippen LogP contribution in [0.3, 0.4) is 0 Å². The van der Waals surface area contributed by atoms with Gasteiger partial charge in [0.2, 0.25) is 5.82 Å². The summed E-state index contributed by atoms with van der Waals surface area (Å²) in [5.41, 5.74) is 0.689. The van der Waals surface area contributed by atoms with Gasteiger partial charge in [-0.2, -0.15) is 0 Å². The van der Waals surface area contributed by atoms with Crippen LogP contribution in [0.15, 0.2) is 47.1 Å². The summed E-state index contributed by atoms with van der Waals surface area (Å²) in [7, 11) is 0. The predicted octanol–water partition coefficient (Wildman–Crippen LogP) is 3.50. The number of hydrogen-bond donors (Lipinski definition) is 1. The lowest BCUT2D eigenvalue weighted by Gasteiger charge is -2.05. The summed E-state index contributed by atoms with van der Waals surface area (Å²) >= 11 is 3.16. The third-order valence-electron chi connectivity index (χ3n) is 2.07. The number of pyridine rings is 1. The molecule has 0 amide bonds. The summed E-state index contributed by atoms with van der Waals surface area (Å²) < 4.78 is 0.572. The van der Waals surface area contributed by atoms with E-state index in [0.717, 1.165) is 5.69 Å². The Balaban J connectivity index is 2.36. The number of hydrogen-bond acceptors (Lipinski definition) is 4. The summed E-state index contributed by atoms with van der Waals surface area (Å²) in [5.74, 6) is 0.226. The van der Waals surface area contributed by atoms with Crippen molar-refractivity contribution in [2.45, 2.75) is 0 Å². The van der Waals surface area contributed by atoms with Crippen molar-refractivity contribution in [2.24, 2.45) is 0 Å². The van der Waals surface area contributed by atoms with Gasteiger partial charge in [0, 0.05) is 22.4 Å². The van der Waals surface area contributed by atoms with Crippen molar-refractivity contribution in [3.05, 3.63) is 57.2 Å². The van der Waals surface area contributed by atoms with E-state index in [9.17, 15) is 10.1 Å². The fourth-order valence-electron chi connectivity index (χ4n) is 1.32. The monoisotopic (exact) mass is 293 g/mol. The van der Waals surface area contributed by atoms with Crippen LogP contribution in [-0.4, -0.2) is 9.91 Å². The summed E-state index contributed by atoms with van der Waals surface area (Å²) in [4.78, 5) is 14.4. The van der Waals surface area contributed by atoms with E-state index < -0.39 is 4.92 Å². The van der Waals surface area contributed by atoms with E-state index in [1.807, 2.05) is 30.3 Å². The third-order valence-corrected chi connectivity index (χ3v) is 2.50. The largest absolute Gasteiger partial charge is 0.334 e. The second kappa shape index (κ2) is 4.92. The van der Waals surface area contributed by atoms with Crippen LogP contribution in [0.2, 0.25) is 0 Å². The van der Waals surface area contributed by atoms with Gasteiger partial charge in [0.25, 0.3) is 0 Å². The maximum atomic E-state index is 10.9. The number of nitro groups is 1. The Bertz CT molecular complexity index is 546. The highest BCUT2D eigenvalue weighted by Gasteiger charge is 2.15. The smallest absolute Gasteiger partial charge is 0.312 e. The van der Waals surface area contributed by atoms with Crippen LogP contribution in [0.5, 0.6) is 0 Å². The van der Waals surface area contributed by atoms with Gasteiger partial charge in [0.15, 0.2) is 0 Å². The lowest BCUT2D eigenvalue weighted by molar-refractivity contribution is -0.384. The fourth-order valence-corrected chi connectivity index (χ4v) is 1.64. The molecule has 0 saturated carbocycles. The zero-order valence-corrected chi connectivity index (χ0v) is 10.2. The molecule has 0 bridgehead atoms. The van der Waals surface area contributed by atoms with Crippen molar-refractivity contribution < 1.29 is 4.92 Å². The lowest BCUT2D eigenvalue weighted by Crippen LogP contribution is -1.99. The quantitative estimate of drug-likeness (QED) is 0.695. The standard InChI is InChI=1S/C11H8BrN3O2/c12-8-6-10(15(16)17)11(13-7-8)14-9-4-2-1-3-5-9/h1-7H,(H,13,14). The number of nitrogens with zero attached hydrogens (tertiary/aromatic N) is 2. The molecular formula is C11H8BrN3O2. The molecule has 0 radical (unpaired) electrons. The molecule has 1 N–H and O–H groups in total. The normalized spacial score (nSPS) is 9.94. The summed E-state index contributed by atoms with van der Waals surface area (Å²) in [5, 5.41) is 13.8. The Morgan fingerprint density at radius 3 is 2.65 bits per heavy atom. The molecule has 1 aromatic carbocycles. The molecule has 86 valence electrons. The van der Waals surface area contributed by atoms with Crippen molar-refractivity contribution >= 4 is 33.1 Å². The zero-order valence-electron chi connectivity index (χ0n) is 8.63. The molecule has 0 aliphatic heterocycles. The molecule has 0 unspecified atom stereocenters. The van der Waals surface area contributed by atoms with E-state index in [2.05, 4.69) is 26.2 Å². The van der Waals surface area contributed by atoms with Crippen LogP contribution in [0, 0.1) is 10.1 Å². The maximum absolute atomic E-state index is 10.9.